The van der Waals surface area contributed by atoms with Crippen molar-refractivity contribution in [1.82, 2.24) is 9.97 Å². The lowest BCUT2D eigenvalue weighted by Gasteiger charge is -2.13. The van der Waals surface area contributed by atoms with Crippen molar-refractivity contribution >= 4 is 39.3 Å². The number of hydrazone groups is 1. The molecule has 5 rings (SSSR count). The second-order valence-electron chi connectivity index (χ2n) is 8.29. The van der Waals surface area contributed by atoms with E-state index in [1.807, 2.05) is 84.9 Å². The van der Waals surface area contributed by atoms with Crippen LogP contribution in [0.4, 0.5) is 5.82 Å². The molecule has 0 aliphatic heterocycles. The molecule has 0 aliphatic rings. The minimum atomic E-state index is -0.879. The van der Waals surface area contributed by atoms with Gasteiger partial charge >= 0.3 is 5.97 Å². The molecule has 2 heterocycles. The molecular formula is C29H24N4O3. The van der Waals surface area contributed by atoms with Gasteiger partial charge in [0.25, 0.3) is 0 Å². The van der Waals surface area contributed by atoms with Crippen LogP contribution in [0.3, 0.4) is 0 Å². The summed E-state index contributed by atoms with van der Waals surface area (Å²) in [5, 5.41) is 17.0. The highest BCUT2D eigenvalue weighted by molar-refractivity contribution is 6.05. The molecule has 2 N–H and O–H groups in total. The number of hydrogen-bond donors (Lipinski definition) is 2. The molecule has 7 nitrogen and oxygen atoms in total. The number of anilines is 1. The van der Waals surface area contributed by atoms with E-state index in [9.17, 15) is 9.90 Å². The molecule has 178 valence electrons. The van der Waals surface area contributed by atoms with E-state index in [1.54, 1.807) is 13.3 Å². The van der Waals surface area contributed by atoms with Crippen LogP contribution in [0.2, 0.25) is 0 Å². The minimum Gasteiger partial charge on any atom is -0.497 e. The Kier molecular flexibility index (Phi) is 6.53. The number of rotatable bonds is 8. The number of carbonyl (C=O) groups is 1. The fourth-order valence-corrected chi connectivity index (χ4v) is 4.06. The predicted octanol–water partition coefficient (Wildman–Crippen LogP) is 6.14. The van der Waals surface area contributed by atoms with E-state index in [2.05, 4.69) is 15.5 Å². The zero-order valence-electron chi connectivity index (χ0n) is 19.7. The van der Waals surface area contributed by atoms with Gasteiger partial charge in [0.2, 0.25) is 0 Å². The molecule has 36 heavy (non-hydrogen) atoms. The molecule has 0 fully saturated rings. The van der Waals surface area contributed by atoms with E-state index in [4.69, 9.17) is 9.72 Å². The van der Waals surface area contributed by atoms with Crippen LogP contribution in [-0.4, -0.2) is 33.9 Å². The Bertz CT molecular complexity index is 1580. The molecule has 0 radical (unpaired) electrons. The van der Waals surface area contributed by atoms with Gasteiger partial charge < -0.3 is 9.84 Å². The monoisotopic (exact) mass is 476 g/mol. The number of hydrogen-bond acceptors (Lipinski definition) is 6. The normalized spacial score (nSPS) is 11.5. The number of nitrogens with zero attached hydrogens (tertiary/aromatic N) is 3. The summed E-state index contributed by atoms with van der Waals surface area (Å²) in [4.78, 5) is 20.5. The molecule has 0 aliphatic carbocycles. The van der Waals surface area contributed by atoms with Crippen molar-refractivity contribution in [2.75, 3.05) is 12.5 Å². The van der Waals surface area contributed by atoms with E-state index < -0.39 is 5.97 Å². The minimum absolute atomic E-state index is 0.0363. The predicted molar refractivity (Wildman–Crippen MR) is 143 cm³/mol. The van der Waals surface area contributed by atoms with Gasteiger partial charge in [-0.25, -0.2) is 9.97 Å². The summed E-state index contributed by atoms with van der Waals surface area (Å²) >= 11 is 0. The van der Waals surface area contributed by atoms with Crippen LogP contribution < -0.4 is 10.2 Å². The Hall–Kier alpha value is -4.78. The quantitative estimate of drug-likeness (QED) is 0.206. The summed E-state index contributed by atoms with van der Waals surface area (Å²) in [6.07, 6.45) is 1.93. The summed E-state index contributed by atoms with van der Waals surface area (Å²) in [6.45, 7) is 0. The maximum absolute atomic E-state index is 11.4. The lowest BCUT2D eigenvalue weighted by molar-refractivity contribution is -0.136. The van der Waals surface area contributed by atoms with Crippen LogP contribution in [0.5, 0.6) is 5.75 Å². The number of pyridine rings is 2. The zero-order chi connectivity index (χ0) is 24.9. The molecule has 0 atom stereocenters. The van der Waals surface area contributed by atoms with Crippen molar-refractivity contribution in [3.8, 4) is 16.9 Å². The van der Waals surface area contributed by atoms with Crippen LogP contribution in [0.1, 0.15) is 18.4 Å². The highest BCUT2D eigenvalue weighted by Crippen LogP contribution is 2.31. The molecule has 0 unspecified atom stereocenters. The van der Waals surface area contributed by atoms with Crippen molar-refractivity contribution in [2.24, 2.45) is 5.10 Å². The summed E-state index contributed by atoms with van der Waals surface area (Å²) in [5.41, 5.74) is 6.97. The molecule has 3 aromatic carbocycles. The van der Waals surface area contributed by atoms with Gasteiger partial charge in [0.1, 0.15) is 5.75 Å². The fraction of sp³-hybridized carbons (Fsp3) is 0.103. The number of carboxylic acid groups (broad SMARTS) is 1. The summed E-state index contributed by atoms with van der Waals surface area (Å²) < 4.78 is 5.30. The lowest BCUT2D eigenvalue weighted by atomic mass is 10.0. The summed E-state index contributed by atoms with van der Waals surface area (Å²) in [5.74, 6) is 0.407. The molecule has 2 aromatic heterocycles. The summed E-state index contributed by atoms with van der Waals surface area (Å²) in [6, 6.07) is 27.6. The van der Waals surface area contributed by atoms with Crippen molar-refractivity contribution in [3.63, 3.8) is 0 Å². The molecule has 0 saturated heterocycles. The first kappa shape index (κ1) is 23.0. The van der Waals surface area contributed by atoms with Crippen molar-refractivity contribution < 1.29 is 14.6 Å². The maximum Gasteiger partial charge on any atom is 0.303 e. The molecule has 0 bridgehead atoms. The van der Waals surface area contributed by atoms with Crippen molar-refractivity contribution in [3.05, 3.63) is 96.7 Å². The number of carboxylic acids is 1. The van der Waals surface area contributed by atoms with Gasteiger partial charge in [0.15, 0.2) is 11.5 Å². The Morgan fingerprint density at radius 1 is 0.917 bits per heavy atom. The third-order valence-corrected chi connectivity index (χ3v) is 5.95. The highest BCUT2D eigenvalue weighted by atomic mass is 16.5. The van der Waals surface area contributed by atoms with Crippen LogP contribution >= 0.6 is 0 Å². The van der Waals surface area contributed by atoms with Crippen molar-refractivity contribution in [2.45, 2.75) is 12.8 Å². The Morgan fingerprint density at radius 2 is 1.69 bits per heavy atom. The number of ether oxygens (including phenoxy) is 1. The summed E-state index contributed by atoms with van der Waals surface area (Å²) in [7, 11) is 1.63. The molecular weight excluding hydrogens is 452 g/mol. The van der Waals surface area contributed by atoms with E-state index in [0.717, 1.165) is 38.6 Å². The Labute approximate surface area is 208 Å². The topological polar surface area (TPSA) is 96.7 Å². The van der Waals surface area contributed by atoms with Gasteiger partial charge in [-0.2, -0.15) is 5.10 Å². The number of aromatic nitrogens is 2. The first-order valence-electron chi connectivity index (χ1n) is 11.5. The second kappa shape index (κ2) is 10.2. The average molecular weight is 477 g/mol. The molecule has 7 heteroatoms. The fourth-order valence-electron chi connectivity index (χ4n) is 4.06. The number of aliphatic carboxylic acids is 1. The Balaban J connectivity index is 1.57. The highest BCUT2D eigenvalue weighted by Gasteiger charge is 2.13. The van der Waals surface area contributed by atoms with Gasteiger partial charge in [0, 0.05) is 23.6 Å². The number of methoxy groups -OCH3 is 1. The molecule has 5 aromatic rings. The number of fused-ring (bicyclic) bond motifs is 2. The third kappa shape index (κ3) is 5.00. The van der Waals surface area contributed by atoms with Gasteiger partial charge in [0.05, 0.1) is 19.2 Å². The maximum atomic E-state index is 11.4. The largest absolute Gasteiger partial charge is 0.497 e. The van der Waals surface area contributed by atoms with Crippen LogP contribution in [-0.2, 0) is 4.79 Å². The van der Waals surface area contributed by atoms with Crippen molar-refractivity contribution in [1.29, 1.82) is 0 Å². The van der Waals surface area contributed by atoms with Crippen LogP contribution in [0.15, 0.2) is 96.2 Å². The Morgan fingerprint density at radius 3 is 2.47 bits per heavy atom. The van der Waals surface area contributed by atoms with Gasteiger partial charge in [-0.3, -0.25) is 10.2 Å². The van der Waals surface area contributed by atoms with E-state index in [1.165, 1.54) is 0 Å². The van der Waals surface area contributed by atoms with Crippen LogP contribution in [0.25, 0.3) is 32.9 Å². The second-order valence-corrected chi connectivity index (χ2v) is 8.29. The SMILES string of the molecule is COc1ccc(-c2cc3cccnc3nc2N/N=C(\CCC(=O)O)c2ccc3ccccc3c2)cc1. The smallest absolute Gasteiger partial charge is 0.303 e. The van der Waals surface area contributed by atoms with E-state index in [0.29, 0.717) is 17.2 Å². The molecule has 0 saturated carbocycles. The van der Waals surface area contributed by atoms with Gasteiger partial charge in [-0.1, -0.05) is 48.5 Å². The molecule has 0 spiro atoms. The number of benzene rings is 3. The standard InChI is InChI=1S/C29H24N4O3/c1-36-24-12-10-20(11-13-24)25-18-23-7-4-16-30-28(23)31-29(25)33-32-26(14-15-27(34)35)22-9-8-19-5-2-3-6-21(19)17-22/h2-13,16-18H,14-15H2,1H3,(H,34,35)(H,30,31,33)/b32-26+. The zero-order valence-corrected chi connectivity index (χ0v) is 19.7. The van der Waals surface area contributed by atoms with Gasteiger partial charge in [-0.15, -0.1) is 0 Å². The average Bonchev–Trinajstić information content (AvgIpc) is 2.92. The van der Waals surface area contributed by atoms with E-state index >= 15 is 0 Å². The van der Waals surface area contributed by atoms with Crippen LogP contribution in [0, 0.1) is 0 Å². The number of nitrogens with one attached hydrogen (secondary N) is 1. The first-order chi connectivity index (χ1) is 17.6. The third-order valence-electron chi connectivity index (χ3n) is 5.95. The van der Waals surface area contributed by atoms with E-state index in [-0.39, 0.29) is 12.8 Å². The van der Waals surface area contributed by atoms with Gasteiger partial charge in [-0.05, 0) is 58.3 Å². The lowest BCUT2D eigenvalue weighted by Crippen LogP contribution is -2.09. The molecule has 0 amide bonds. The first-order valence-corrected chi connectivity index (χ1v) is 11.5.